The molecule has 0 fully saturated rings. The van der Waals surface area contributed by atoms with Crippen LogP contribution in [0, 0.1) is 11.6 Å². The summed E-state index contributed by atoms with van der Waals surface area (Å²) in [7, 11) is 0. The lowest BCUT2D eigenvalue weighted by Crippen LogP contribution is -2.39. The average molecular weight is 297 g/mol. The molecule has 114 valence electrons. The molecule has 0 heterocycles. The Kier molecular flexibility index (Phi) is 6.68. The molecule has 0 aliphatic rings. The Morgan fingerprint density at radius 2 is 2.14 bits per heavy atom. The van der Waals surface area contributed by atoms with Gasteiger partial charge in [-0.15, -0.1) is 6.58 Å². The highest BCUT2D eigenvalue weighted by Gasteiger charge is 2.25. The Balaban J connectivity index is 2.95. The molecule has 1 N–H and O–H groups in total. The standard InChI is InChI=1S/C15H17F2NO3/c1-3-7-18-13(9-14(19)21-4-2)15(20)11-8-10(16)5-6-12(11)17/h3,5-6,8,13,18H,1,4,7,9H2,2H3. The van der Waals surface area contributed by atoms with Gasteiger partial charge in [0.1, 0.15) is 11.6 Å². The highest BCUT2D eigenvalue weighted by molar-refractivity contribution is 6.02. The van der Waals surface area contributed by atoms with Gasteiger partial charge in [0.25, 0.3) is 0 Å². The van der Waals surface area contributed by atoms with Gasteiger partial charge in [0.05, 0.1) is 24.6 Å². The highest BCUT2D eigenvalue weighted by atomic mass is 19.1. The van der Waals surface area contributed by atoms with Crippen molar-refractivity contribution in [3.63, 3.8) is 0 Å². The number of benzene rings is 1. The quantitative estimate of drug-likeness (QED) is 0.454. The summed E-state index contributed by atoms with van der Waals surface area (Å²) in [6, 6.07) is 1.60. The minimum Gasteiger partial charge on any atom is -0.466 e. The van der Waals surface area contributed by atoms with Crippen LogP contribution in [-0.2, 0) is 9.53 Å². The molecule has 1 atom stereocenters. The number of ether oxygens (including phenoxy) is 1. The molecular weight excluding hydrogens is 280 g/mol. The summed E-state index contributed by atoms with van der Waals surface area (Å²) in [6.45, 7) is 5.54. The predicted octanol–water partition coefficient (Wildman–Crippen LogP) is 2.24. The maximum Gasteiger partial charge on any atom is 0.307 e. The van der Waals surface area contributed by atoms with Crippen LogP contribution in [0.1, 0.15) is 23.7 Å². The first-order valence-electron chi connectivity index (χ1n) is 6.48. The van der Waals surface area contributed by atoms with E-state index in [1.54, 1.807) is 6.92 Å². The topological polar surface area (TPSA) is 55.4 Å². The van der Waals surface area contributed by atoms with Crippen LogP contribution in [0.5, 0.6) is 0 Å². The van der Waals surface area contributed by atoms with Gasteiger partial charge in [0.2, 0.25) is 0 Å². The average Bonchev–Trinajstić information content (AvgIpc) is 2.45. The number of halogens is 2. The molecule has 0 bridgehead atoms. The molecule has 21 heavy (non-hydrogen) atoms. The van der Waals surface area contributed by atoms with Crippen molar-refractivity contribution >= 4 is 11.8 Å². The molecule has 0 aromatic heterocycles. The summed E-state index contributed by atoms with van der Waals surface area (Å²) in [6.07, 6.45) is 1.23. The van der Waals surface area contributed by atoms with E-state index in [4.69, 9.17) is 4.74 Å². The molecule has 1 aromatic rings. The van der Waals surface area contributed by atoms with Crippen molar-refractivity contribution in [2.75, 3.05) is 13.2 Å². The number of carbonyl (C=O) groups excluding carboxylic acids is 2. The summed E-state index contributed by atoms with van der Waals surface area (Å²) < 4.78 is 31.6. The number of hydrogen-bond donors (Lipinski definition) is 1. The fourth-order valence-corrected chi connectivity index (χ4v) is 1.74. The monoisotopic (exact) mass is 297 g/mol. The van der Waals surface area contributed by atoms with Crippen molar-refractivity contribution in [2.45, 2.75) is 19.4 Å². The van der Waals surface area contributed by atoms with Crippen molar-refractivity contribution in [3.8, 4) is 0 Å². The Labute approximate surface area is 121 Å². The van der Waals surface area contributed by atoms with Crippen molar-refractivity contribution in [2.24, 2.45) is 0 Å². The van der Waals surface area contributed by atoms with Gasteiger partial charge in [-0.3, -0.25) is 9.59 Å². The molecule has 0 aliphatic heterocycles. The van der Waals surface area contributed by atoms with E-state index in [2.05, 4.69) is 11.9 Å². The van der Waals surface area contributed by atoms with E-state index < -0.39 is 35.0 Å². The predicted molar refractivity (Wildman–Crippen MR) is 73.9 cm³/mol. The molecule has 6 heteroatoms. The molecule has 0 saturated heterocycles. The third-order valence-electron chi connectivity index (χ3n) is 2.70. The Morgan fingerprint density at radius 1 is 1.43 bits per heavy atom. The molecule has 1 rings (SSSR count). The third-order valence-corrected chi connectivity index (χ3v) is 2.70. The Morgan fingerprint density at radius 3 is 2.76 bits per heavy atom. The van der Waals surface area contributed by atoms with Gasteiger partial charge in [-0.1, -0.05) is 6.08 Å². The first-order chi connectivity index (χ1) is 9.99. The third kappa shape index (κ3) is 5.07. The molecule has 4 nitrogen and oxygen atoms in total. The van der Waals surface area contributed by atoms with Crippen molar-refractivity contribution < 1.29 is 23.1 Å². The summed E-state index contributed by atoms with van der Waals surface area (Å²) in [4.78, 5) is 23.7. The molecule has 0 spiro atoms. The minimum absolute atomic E-state index is 0.176. The second kappa shape index (κ2) is 8.26. The number of esters is 1. The molecule has 1 aromatic carbocycles. The maximum absolute atomic E-state index is 13.6. The molecule has 0 amide bonds. The van der Waals surface area contributed by atoms with E-state index in [1.165, 1.54) is 6.08 Å². The molecule has 0 saturated carbocycles. The normalized spacial score (nSPS) is 11.8. The van der Waals surface area contributed by atoms with E-state index in [1.807, 2.05) is 0 Å². The summed E-state index contributed by atoms with van der Waals surface area (Å²) in [5.74, 6) is -2.86. The lowest BCUT2D eigenvalue weighted by molar-refractivity contribution is -0.143. The van der Waals surface area contributed by atoms with Gasteiger partial charge in [-0.2, -0.15) is 0 Å². The van der Waals surface area contributed by atoms with Crippen molar-refractivity contribution in [1.82, 2.24) is 5.32 Å². The van der Waals surface area contributed by atoms with Crippen LogP contribution in [0.4, 0.5) is 8.78 Å². The van der Waals surface area contributed by atoms with Crippen LogP contribution in [0.2, 0.25) is 0 Å². The number of Topliss-reactive ketones (excluding diaryl/α,β-unsaturated/α-hetero) is 1. The molecule has 0 radical (unpaired) electrons. The van der Waals surface area contributed by atoms with Crippen molar-refractivity contribution in [1.29, 1.82) is 0 Å². The number of nitrogens with one attached hydrogen (secondary N) is 1. The van der Waals surface area contributed by atoms with Gasteiger partial charge in [0, 0.05) is 6.54 Å². The molecule has 0 aliphatic carbocycles. The minimum atomic E-state index is -1.00. The second-order valence-electron chi connectivity index (χ2n) is 4.25. The Bertz CT molecular complexity index is 532. The van der Waals surface area contributed by atoms with Crippen LogP contribution in [0.3, 0.4) is 0 Å². The van der Waals surface area contributed by atoms with Crippen molar-refractivity contribution in [3.05, 3.63) is 48.1 Å². The number of hydrogen-bond acceptors (Lipinski definition) is 4. The zero-order chi connectivity index (χ0) is 15.8. The number of rotatable bonds is 8. The summed E-state index contributed by atoms with van der Waals surface area (Å²) in [5.41, 5.74) is -0.402. The molecule has 1 unspecified atom stereocenters. The van der Waals surface area contributed by atoms with E-state index >= 15 is 0 Å². The summed E-state index contributed by atoms with van der Waals surface area (Å²) in [5, 5.41) is 2.75. The lowest BCUT2D eigenvalue weighted by Gasteiger charge is -2.16. The fraction of sp³-hybridized carbons (Fsp3) is 0.333. The van der Waals surface area contributed by atoms with Crippen LogP contribution in [0.25, 0.3) is 0 Å². The largest absolute Gasteiger partial charge is 0.466 e. The van der Waals surface area contributed by atoms with E-state index in [0.717, 1.165) is 18.2 Å². The number of carbonyl (C=O) groups is 2. The zero-order valence-electron chi connectivity index (χ0n) is 11.7. The maximum atomic E-state index is 13.6. The highest BCUT2D eigenvalue weighted by Crippen LogP contribution is 2.14. The lowest BCUT2D eigenvalue weighted by atomic mass is 10.0. The summed E-state index contributed by atoms with van der Waals surface area (Å²) >= 11 is 0. The van der Waals surface area contributed by atoms with Gasteiger partial charge < -0.3 is 10.1 Å². The first-order valence-corrected chi connectivity index (χ1v) is 6.48. The van der Waals surface area contributed by atoms with E-state index in [9.17, 15) is 18.4 Å². The first kappa shape index (κ1) is 17.0. The van der Waals surface area contributed by atoms with Crippen LogP contribution >= 0.6 is 0 Å². The number of ketones is 1. The van der Waals surface area contributed by atoms with Gasteiger partial charge >= 0.3 is 5.97 Å². The molecular formula is C15H17F2NO3. The smallest absolute Gasteiger partial charge is 0.307 e. The van der Waals surface area contributed by atoms with Crippen LogP contribution in [0.15, 0.2) is 30.9 Å². The van der Waals surface area contributed by atoms with Gasteiger partial charge in [-0.25, -0.2) is 8.78 Å². The van der Waals surface area contributed by atoms with Gasteiger partial charge in [0.15, 0.2) is 5.78 Å². The van der Waals surface area contributed by atoms with Gasteiger partial charge in [-0.05, 0) is 25.1 Å². The Hall–Kier alpha value is -2.08. The van der Waals surface area contributed by atoms with Crippen LogP contribution in [-0.4, -0.2) is 30.9 Å². The SMILES string of the molecule is C=CCNC(CC(=O)OCC)C(=O)c1cc(F)ccc1F. The fourth-order valence-electron chi connectivity index (χ4n) is 1.74. The second-order valence-corrected chi connectivity index (χ2v) is 4.25. The van der Waals surface area contributed by atoms with E-state index in [-0.39, 0.29) is 19.6 Å². The van der Waals surface area contributed by atoms with E-state index in [0.29, 0.717) is 0 Å². The zero-order valence-corrected chi connectivity index (χ0v) is 11.7. The van der Waals surface area contributed by atoms with Crippen LogP contribution < -0.4 is 5.32 Å².